The van der Waals surface area contributed by atoms with E-state index in [2.05, 4.69) is 20.6 Å². The number of nitrogens with one attached hydrogen (secondary N) is 2. The van der Waals surface area contributed by atoms with Crippen LogP contribution in [0.2, 0.25) is 5.02 Å². The molecule has 11 heteroatoms. The SMILES string of the molecule is CN(C)CCOc1ccc(/N=C2/NC(=O)/C(=C/c3cnc(NC(=O)C4CC4)s3)S2)c(Cl)c1. The number of hydrogen-bond acceptors (Lipinski definition) is 8. The van der Waals surface area contributed by atoms with Gasteiger partial charge in [-0.15, -0.1) is 0 Å². The summed E-state index contributed by atoms with van der Waals surface area (Å²) < 4.78 is 5.68. The Hall–Kier alpha value is -2.40. The van der Waals surface area contributed by atoms with Crippen LogP contribution in [0.15, 0.2) is 34.3 Å². The molecular formula is C21H22ClN5O3S2. The topological polar surface area (TPSA) is 95.9 Å². The average molecular weight is 492 g/mol. The van der Waals surface area contributed by atoms with E-state index in [1.807, 2.05) is 19.0 Å². The fourth-order valence-electron chi connectivity index (χ4n) is 2.70. The highest BCUT2D eigenvalue weighted by atomic mass is 35.5. The lowest BCUT2D eigenvalue weighted by molar-refractivity contribution is -0.117. The Labute approximate surface area is 199 Å². The predicted octanol–water partition coefficient (Wildman–Crippen LogP) is 3.98. The van der Waals surface area contributed by atoms with Crippen LogP contribution in [0.1, 0.15) is 17.7 Å². The molecule has 0 unspecified atom stereocenters. The molecule has 1 saturated carbocycles. The number of carbonyl (C=O) groups excluding carboxylic acids is 2. The van der Waals surface area contributed by atoms with Gasteiger partial charge >= 0.3 is 0 Å². The van der Waals surface area contributed by atoms with Gasteiger partial charge in [-0.2, -0.15) is 0 Å². The molecule has 1 aromatic carbocycles. The molecule has 0 bridgehead atoms. The standard InChI is InChI=1S/C21H22ClN5O3S2/c1-27(2)7-8-30-13-5-6-16(15(22)9-13)24-21-26-19(29)17(32-21)10-14-11-23-20(31-14)25-18(28)12-3-4-12/h5-6,9-12H,3-4,7-8H2,1-2H3,(H,23,25,28)(H,24,26,29)/b17-10-. The number of carbonyl (C=O) groups is 2. The van der Waals surface area contributed by atoms with Crippen molar-refractivity contribution in [2.45, 2.75) is 12.8 Å². The van der Waals surface area contributed by atoms with Crippen LogP contribution in [0, 0.1) is 5.92 Å². The summed E-state index contributed by atoms with van der Waals surface area (Å²) in [7, 11) is 3.96. The molecule has 1 aliphatic heterocycles. The van der Waals surface area contributed by atoms with Crippen molar-refractivity contribution in [1.29, 1.82) is 0 Å². The zero-order valence-corrected chi connectivity index (χ0v) is 19.9. The molecule has 2 heterocycles. The largest absolute Gasteiger partial charge is 0.492 e. The van der Waals surface area contributed by atoms with Crippen molar-refractivity contribution in [1.82, 2.24) is 15.2 Å². The van der Waals surface area contributed by atoms with Crippen molar-refractivity contribution in [2.24, 2.45) is 10.9 Å². The maximum atomic E-state index is 12.4. The van der Waals surface area contributed by atoms with Crippen molar-refractivity contribution < 1.29 is 14.3 Å². The maximum Gasteiger partial charge on any atom is 0.264 e. The molecule has 2 N–H and O–H groups in total. The molecule has 1 aliphatic carbocycles. The van der Waals surface area contributed by atoms with E-state index in [9.17, 15) is 9.59 Å². The number of ether oxygens (including phenoxy) is 1. The van der Waals surface area contributed by atoms with Crippen LogP contribution in [0.3, 0.4) is 0 Å². The van der Waals surface area contributed by atoms with E-state index in [-0.39, 0.29) is 17.7 Å². The van der Waals surface area contributed by atoms with E-state index >= 15 is 0 Å². The Bertz CT molecular complexity index is 1090. The molecule has 0 spiro atoms. The summed E-state index contributed by atoms with van der Waals surface area (Å²) in [6.07, 6.45) is 5.23. The van der Waals surface area contributed by atoms with Gasteiger partial charge in [0.15, 0.2) is 10.3 Å². The van der Waals surface area contributed by atoms with E-state index in [1.54, 1.807) is 30.5 Å². The molecule has 0 radical (unpaired) electrons. The van der Waals surface area contributed by atoms with Crippen molar-refractivity contribution in [3.8, 4) is 5.75 Å². The lowest BCUT2D eigenvalue weighted by Crippen LogP contribution is -2.19. The molecule has 2 aliphatic rings. The van der Waals surface area contributed by atoms with Gasteiger partial charge in [-0.25, -0.2) is 9.98 Å². The van der Waals surface area contributed by atoms with Crippen LogP contribution >= 0.6 is 34.7 Å². The summed E-state index contributed by atoms with van der Waals surface area (Å²) in [4.78, 5) is 36.2. The lowest BCUT2D eigenvalue weighted by atomic mass is 10.3. The average Bonchev–Trinajstić information content (AvgIpc) is 3.42. The molecule has 4 rings (SSSR count). The number of likely N-dealkylation sites (N-methyl/N-ethyl adjacent to an activating group) is 1. The Morgan fingerprint density at radius 1 is 1.44 bits per heavy atom. The fourth-order valence-corrected chi connectivity index (χ4v) is 4.57. The van der Waals surface area contributed by atoms with E-state index in [1.165, 1.54) is 23.1 Å². The minimum atomic E-state index is -0.245. The molecule has 32 heavy (non-hydrogen) atoms. The van der Waals surface area contributed by atoms with E-state index in [0.29, 0.717) is 38.3 Å². The molecule has 1 saturated heterocycles. The lowest BCUT2D eigenvalue weighted by Gasteiger charge is -2.11. The third-order valence-corrected chi connectivity index (χ3v) is 6.65. The highest BCUT2D eigenvalue weighted by molar-refractivity contribution is 8.18. The Morgan fingerprint density at radius 2 is 2.25 bits per heavy atom. The number of hydrogen-bond donors (Lipinski definition) is 2. The van der Waals surface area contributed by atoms with Gasteiger partial charge in [0, 0.05) is 24.7 Å². The van der Waals surface area contributed by atoms with Crippen LogP contribution < -0.4 is 15.4 Å². The van der Waals surface area contributed by atoms with Gasteiger partial charge in [-0.05, 0) is 56.9 Å². The normalized spacial score (nSPS) is 18.4. The maximum absolute atomic E-state index is 12.4. The first-order chi connectivity index (χ1) is 15.4. The molecule has 0 atom stereocenters. The first-order valence-electron chi connectivity index (χ1n) is 10.0. The van der Waals surface area contributed by atoms with Crippen molar-refractivity contribution in [3.05, 3.63) is 39.2 Å². The number of aliphatic imine (C=N–C) groups is 1. The zero-order valence-electron chi connectivity index (χ0n) is 17.6. The molecule has 2 fully saturated rings. The smallest absolute Gasteiger partial charge is 0.264 e. The predicted molar refractivity (Wildman–Crippen MR) is 130 cm³/mol. The molecule has 2 amide bonds. The number of amides is 2. The number of thioether (sulfide) groups is 1. The summed E-state index contributed by atoms with van der Waals surface area (Å²) in [6, 6.07) is 5.27. The molecule has 2 aromatic rings. The Balaban J connectivity index is 1.39. The summed E-state index contributed by atoms with van der Waals surface area (Å²) in [6.45, 7) is 1.36. The monoisotopic (exact) mass is 491 g/mol. The number of nitrogens with zero attached hydrogens (tertiary/aromatic N) is 3. The highest BCUT2D eigenvalue weighted by Gasteiger charge is 2.30. The van der Waals surface area contributed by atoms with Gasteiger partial charge in [-0.1, -0.05) is 22.9 Å². The Kier molecular flexibility index (Phi) is 7.14. The van der Waals surface area contributed by atoms with E-state index in [0.717, 1.165) is 24.3 Å². The number of thiazole rings is 1. The summed E-state index contributed by atoms with van der Waals surface area (Å²) >= 11 is 8.89. The Morgan fingerprint density at radius 3 is 2.97 bits per heavy atom. The van der Waals surface area contributed by atoms with Crippen LogP contribution in [0.5, 0.6) is 5.75 Å². The third-order valence-electron chi connectivity index (χ3n) is 4.57. The number of amidine groups is 1. The van der Waals surface area contributed by atoms with Gasteiger partial charge in [0.25, 0.3) is 5.91 Å². The fraction of sp³-hybridized carbons (Fsp3) is 0.333. The van der Waals surface area contributed by atoms with Crippen LogP contribution in [-0.2, 0) is 9.59 Å². The van der Waals surface area contributed by atoms with Crippen molar-refractivity contribution >= 4 is 68.6 Å². The molecular weight excluding hydrogens is 470 g/mol. The number of benzene rings is 1. The quantitative estimate of drug-likeness (QED) is 0.542. The third kappa shape index (κ3) is 6.10. The van der Waals surface area contributed by atoms with E-state index < -0.39 is 0 Å². The summed E-state index contributed by atoms with van der Waals surface area (Å²) in [5.74, 6) is 0.540. The van der Waals surface area contributed by atoms with E-state index in [4.69, 9.17) is 16.3 Å². The second-order valence-corrected chi connectivity index (χ2v) is 10.1. The first kappa shape index (κ1) is 22.8. The minimum Gasteiger partial charge on any atom is -0.492 e. The molecule has 1 aromatic heterocycles. The van der Waals surface area contributed by atoms with Crippen molar-refractivity contribution in [3.63, 3.8) is 0 Å². The van der Waals surface area contributed by atoms with Gasteiger partial charge in [0.05, 0.1) is 20.5 Å². The minimum absolute atomic E-state index is 0.00644. The highest BCUT2D eigenvalue weighted by Crippen LogP contribution is 2.34. The van der Waals surface area contributed by atoms with Gasteiger partial charge in [0.1, 0.15) is 12.4 Å². The zero-order chi connectivity index (χ0) is 22.7. The first-order valence-corrected chi connectivity index (χ1v) is 12.0. The van der Waals surface area contributed by atoms with Gasteiger partial charge in [0.2, 0.25) is 5.91 Å². The van der Waals surface area contributed by atoms with Crippen molar-refractivity contribution in [2.75, 3.05) is 32.6 Å². The van der Waals surface area contributed by atoms with Crippen LogP contribution in [0.25, 0.3) is 6.08 Å². The number of anilines is 1. The summed E-state index contributed by atoms with van der Waals surface area (Å²) in [5.41, 5.74) is 0.540. The number of rotatable bonds is 8. The number of halogens is 1. The van der Waals surface area contributed by atoms with Gasteiger partial charge in [-0.3, -0.25) is 9.59 Å². The van der Waals surface area contributed by atoms with Crippen LogP contribution in [0.4, 0.5) is 10.8 Å². The van der Waals surface area contributed by atoms with Crippen LogP contribution in [-0.4, -0.2) is 54.1 Å². The second kappa shape index (κ2) is 10.0. The number of aromatic nitrogens is 1. The molecule has 8 nitrogen and oxygen atoms in total. The molecule has 168 valence electrons. The van der Waals surface area contributed by atoms with Gasteiger partial charge < -0.3 is 20.3 Å². The summed E-state index contributed by atoms with van der Waals surface area (Å²) in [5, 5.41) is 6.97. The second-order valence-electron chi connectivity index (χ2n) is 7.58.